The molecule has 0 fully saturated rings. The van der Waals surface area contributed by atoms with Crippen molar-refractivity contribution in [3.05, 3.63) is 40.2 Å². The number of H-pyrrole nitrogens is 2. The number of hydrogen-bond acceptors (Lipinski definition) is 3. The summed E-state index contributed by atoms with van der Waals surface area (Å²) in [6, 6.07) is 1.76. The number of aromatic nitrogens is 3. The van der Waals surface area contributed by atoms with Crippen molar-refractivity contribution in [1.82, 2.24) is 15.0 Å². The maximum Gasteiger partial charge on any atom is 0.260 e. The zero-order valence-corrected chi connectivity index (χ0v) is 9.50. The predicted octanol–water partition coefficient (Wildman–Crippen LogP) is 2.13. The second-order valence-corrected chi connectivity index (χ2v) is 4.03. The zero-order valence-electron chi connectivity index (χ0n) is 9.50. The van der Waals surface area contributed by atoms with Gasteiger partial charge in [0.2, 0.25) is 0 Å². The van der Waals surface area contributed by atoms with E-state index in [0.29, 0.717) is 16.9 Å². The number of aryl methyl sites for hydroxylation is 2. The number of nitrogens with zero attached hydrogens (tertiary/aromatic N) is 1. The molecule has 0 aliphatic carbocycles. The first-order valence-electron chi connectivity index (χ1n) is 5.28. The maximum absolute atomic E-state index is 12.0. The van der Waals surface area contributed by atoms with Crippen LogP contribution in [0.1, 0.15) is 11.3 Å². The Hall–Kier alpha value is -2.30. The van der Waals surface area contributed by atoms with E-state index in [0.717, 1.165) is 16.8 Å². The van der Waals surface area contributed by atoms with Gasteiger partial charge >= 0.3 is 0 Å². The molecule has 0 saturated carbocycles. The topological polar surface area (TPSA) is 74.7 Å². The number of aromatic amines is 2. The minimum atomic E-state index is -0.131. The molecule has 0 aliphatic heterocycles. The van der Waals surface area contributed by atoms with Gasteiger partial charge in [-0.2, -0.15) is 0 Å². The van der Waals surface area contributed by atoms with E-state index in [1.54, 1.807) is 18.6 Å². The summed E-state index contributed by atoms with van der Waals surface area (Å²) < 4.78 is 4.98. The fourth-order valence-electron chi connectivity index (χ4n) is 1.91. The predicted molar refractivity (Wildman–Crippen MR) is 63.9 cm³/mol. The molecule has 0 unspecified atom stereocenters. The van der Waals surface area contributed by atoms with Gasteiger partial charge < -0.3 is 14.4 Å². The largest absolute Gasteiger partial charge is 0.472 e. The third-order valence-electron chi connectivity index (χ3n) is 2.96. The first-order chi connectivity index (χ1) is 8.16. The van der Waals surface area contributed by atoms with Crippen LogP contribution >= 0.6 is 0 Å². The summed E-state index contributed by atoms with van der Waals surface area (Å²) in [6.45, 7) is 3.83. The molecule has 3 aromatic heterocycles. The maximum atomic E-state index is 12.0. The second kappa shape index (κ2) is 3.35. The van der Waals surface area contributed by atoms with Gasteiger partial charge in [-0.25, -0.2) is 4.98 Å². The van der Waals surface area contributed by atoms with Crippen molar-refractivity contribution in [2.75, 3.05) is 0 Å². The van der Waals surface area contributed by atoms with Crippen LogP contribution in [-0.2, 0) is 0 Å². The van der Waals surface area contributed by atoms with Gasteiger partial charge in [0, 0.05) is 5.69 Å². The number of rotatable bonds is 1. The normalized spacial score (nSPS) is 11.2. The van der Waals surface area contributed by atoms with Gasteiger partial charge in [0.05, 0.1) is 17.2 Å². The van der Waals surface area contributed by atoms with Gasteiger partial charge in [-0.15, -0.1) is 0 Å². The molecule has 5 nitrogen and oxygen atoms in total. The number of furan rings is 1. The Morgan fingerprint density at radius 1 is 1.29 bits per heavy atom. The summed E-state index contributed by atoms with van der Waals surface area (Å²) in [5.74, 6) is 0.512. The lowest BCUT2D eigenvalue weighted by molar-refractivity contribution is 0.568. The highest BCUT2D eigenvalue weighted by atomic mass is 16.3. The third kappa shape index (κ3) is 1.39. The van der Waals surface area contributed by atoms with Crippen molar-refractivity contribution in [3.8, 4) is 11.4 Å². The first kappa shape index (κ1) is 9.89. The van der Waals surface area contributed by atoms with Crippen LogP contribution in [0.15, 0.2) is 27.8 Å². The molecule has 0 aliphatic rings. The van der Waals surface area contributed by atoms with Crippen molar-refractivity contribution < 1.29 is 4.42 Å². The van der Waals surface area contributed by atoms with E-state index in [1.807, 2.05) is 13.8 Å². The first-order valence-corrected chi connectivity index (χ1v) is 5.28. The molecule has 5 heteroatoms. The van der Waals surface area contributed by atoms with E-state index >= 15 is 0 Å². The monoisotopic (exact) mass is 229 g/mol. The summed E-state index contributed by atoms with van der Waals surface area (Å²) in [5, 5.41) is 0.620. The Labute approximate surface area is 96.5 Å². The number of nitrogens with one attached hydrogen (secondary N) is 2. The van der Waals surface area contributed by atoms with Gasteiger partial charge in [0.25, 0.3) is 5.56 Å². The van der Waals surface area contributed by atoms with E-state index in [1.165, 1.54) is 0 Å². The molecule has 86 valence electrons. The minimum Gasteiger partial charge on any atom is -0.472 e. The van der Waals surface area contributed by atoms with E-state index in [-0.39, 0.29) is 5.56 Å². The number of hydrogen-bond donors (Lipinski definition) is 2. The van der Waals surface area contributed by atoms with Gasteiger partial charge in [0.15, 0.2) is 0 Å². The van der Waals surface area contributed by atoms with E-state index in [4.69, 9.17) is 4.42 Å². The van der Waals surface area contributed by atoms with Crippen molar-refractivity contribution >= 4 is 11.0 Å². The van der Waals surface area contributed by atoms with Crippen LogP contribution in [0.4, 0.5) is 0 Å². The average molecular weight is 229 g/mol. The molecular formula is C12H11N3O2. The fourth-order valence-corrected chi connectivity index (χ4v) is 1.91. The van der Waals surface area contributed by atoms with Crippen molar-refractivity contribution in [2.45, 2.75) is 13.8 Å². The molecule has 2 N–H and O–H groups in total. The quantitative estimate of drug-likeness (QED) is 0.671. The Morgan fingerprint density at radius 2 is 2.12 bits per heavy atom. The highest BCUT2D eigenvalue weighted by Crippen LogP contribution is 2.19. The standard InChI is InChI=1S/C12H11N3O2/c1-6-7(2)13-11-9(6)12(16)15-10(14-11)8-3-4-17-5-8/h3-5H,1-2H3,(H2,13,14,15,16). The van der Waals surface area contributed by atoms with Crippen LogP contribution in [0.2, 0.25) is 0 Å². The van der Waals surface area contributed by atoms with Crippen LogP contribution in [-0.4, -0.2) is 15.0 Å². The third-order valence-corrected chi connectivity index (χ3v) is 2.96. The summed E-state index contributed by atoms with van der Waals surface area (Å²) in [4.78, 5) is 22.2. The molecule has 0 radical (unpaired) electrons. The summed E-state index contributed by atoms with van der Waals surface area (Å²) in [5.41, 5.74) is 3.14. The lowest BCUT2D eigenvalue weighted by atomic mass is 10.2. The molecule has 0 spiro atoms. The van der Waals surface area contributed by atoms with Crippen LogP contribution in [0.25, 0.3) is 22.4 Å². The Balaban J connectivity index is 2.36. The zero-order chi connectivity index (χ0) is 12.0. The molecule has 3 rings (SSSR count). The highest BCUT2D eigenvalue weighted by molar-refractivity contribution is 5.81. The van der Waals surface area contributed by atoms with Gasteiger partial charge in [-0.05, 0) is 25.5 Å². The second-order valence-electron chi connectivity index (χ2n) is 4.03. The Kier molecular flexibility index (Phi) is 1.95. The van der Waals surface area contributed by atoms with Crippen molar-refractivity contribution in [2.24, 2.45) is 0 Å². The molecule has 3 heterocycles. The highest BCUT2D eigenvalue weighted by Gasteiger charge is 2.12. The molecule has 3 aromatic rings. The minimum absolute atomic E-state index is 0.131. The SMILES string of the molecule is Cc1[nH]c2nc(-c3ccoc3)[nH]c(=O)c2c1C. The molecule has 0 bridgehead atoms. The average Bonchev–Trinajstić information content (AvgIpc) is 2.88. The van der Waals surface area contributed by atoms with Crippen LogP contribution in [0, 0.1) is 13.8 Å². The van der Waals surface area contributed by atoms with Crippen LogP contribution in [0.3, 0.4) is 0 Å². The molecule has 0 amide bonds. The molecule has 17 heavy (non-hydrogen) atoms. The van der Waals surface area contributed by atoms with E-state index < -0.39 is 0 Å². The van der Waals surface area contributed by atoms with E-state index in [9.17, 15) is 4.79 Å². The lowest BCUT2D eigenvalue weighted by Crippen LogP contribution is -2.09. The Morgan fingerprint density at radius 3 is 2.82 bits per heavy atom. The molecule has 0 aromatic carbocycles. The van der Waals surface area contributed by atoms with Crippen LogP contribution in [0.5, 0.6) is 0 Å². The number of fused-ring (bicyclic) bond motifs is 1. The molecule has 0 saturated heterocycles. The van der Waals surface area contributed by atoms with Crippen molar-refractivity contribution in [1.29, 1.82) is 0 Å². The lowest BCUT2D eigenvalue weighted by Gasteiger charge is -1.96. The van der Waals surface area contributed by atoms with Gasteiger partial charge in [-0.3, -0.25) is 4.79 Å². The molecule has 0 atom stereocenters. The summed E-state index contributed by atoms with van der Waals surface area (Å²) >= 11 is 0. The Bertz CT molecular complexity index is 735. The van der Waals surface area contributed by atoms with Crippen LogP contribution < -0.4 is 5.56 Å². The molecular weight excluding hydrogens is 218 g/mol. The fraction of sp³-hybridized carbons (Fsp3) is 0.167. The van der Waals surface area contributed by atoms with Crippen molar-refractivity contribution in [3.63, 3.8) is 0 Å². The van der Waals surface area contributed by atoms with E-state index in [2.05, 4.69) is 15.0 Å². The van der Waals surface area contributed by atoms with Gasteiger partial charge in [0.1, 0.15) is 17.7 Å². The summed E-state index contributed by atoms with van der Waals surface area (Å²) in [6.07, 6.45) is 3.09. The smallest absolute Gasteiger partial charge is 0.260 e. The summed E-state index contributed by atoms with van der Waals surface area (Å²) in [7, 11) is 0. The van der Waals surface area contributed by atoms with Gasteiger partial charge in [-0.1, -0.05) is 0 Å².